The zero-order valence-electron chi connectivity index (χ0n) is 5.71. The van der Waals surface area contributed by atoms with Crippen molar-refractivity contribution in [2.75, 3.05) is 0 Å². The van der Waals surface area contributed by atoms with Gasteiger partial charge in [0.2, 0.25) is 0 Å². The lowest BCUT2D eigenvalue weighted by Crippen LogP contribution is -1.98. The zero-order valence-corrected chi connectivity index (χ0v) is 5.71. The average Bonchev–Trinajstić information content (AvgIpc) is 2.13. The highest BCUT2D eigenvalue weighted by molar-refractivity contribution is 5.92. The van der Waals surface area contributed by atoms with Crippen LogP contribution in [0.3, 0.4) is 0 Å². The van der Waals surface area contributed by atoms with Crippen molar-refractivity contribution in [1.82, 2.24) is 0 Å². The largest absolute Gasteiger partial charge is 0.512 e. The van der Waals surface area contributed by atoms with Gasteiger partial charge in [-0.25, -0.2) is 0 Å². The fourth-order valence-electron chi connectivity index (χ4n) is 1.09. The number of hydrogen-bond donors (Lipinski definition) is 1. The van der Waals surface area contributed by atoms with E-state index in [0.717, 1.165) is 0 Å². The lowest BCUT2D eigenvalue weighted by molar-refractivity contribution is -0.114. The van der Waals surface area contributed by atoms with E-state index in [1.54, 1.807) is 6.08 Å². The lowest BCUT2D eigenvalue weighted by atomic mass is 10.0. The SMILES string of the molecule is C=CCC1CC(=O)C=C1O. The summed E-state index contributed by atoms with van der Waals surface area (Å²) in [5.74, 6) is 0.235. The summed E-state index contributed by atoms with van der Waals surface area (Å²) in [6.07, 6.45) is 4.15. The Hall–Kier alpha value is -1.05. The number of allylic oxidation sites excluding steroid dienone is 3. The second-order valence-electron chi connectivity index (χ2n) is 2.46. The standard InChI is InChI=1S/C8H10O2/c1-2-3-6-4-7(9)5-8(6)10/h2,5-6,10H,1,3-4H2. The number of hydrogen-bond acceptors (Lipinski definition) is 2. The fourth-order valence-corrected chi connectivity index (χ4v) is 1.09. The molecule has 0 radical (unpaired) electrons. The number of carbonyl (C=O) groups is 1. The Labute approximate surface area is 59.9 Å². The van der Waals surface area contributed by atoms with Gasteiger partial charge in [-0.05, 0) is 6.42 Å². The van der Waals surface area contributed by atoms with Crippen LogP contribution in [0.5, 0.6) is 0 Å². The minimum Gasteiger partial charge on any atom is -0.512 e. The molecule has 1 aliphatic rings. The maximum absolute atomic E-state index is 10.7. The molecule has 1 N–H and O–H groups in total. The lowest BCUT2D eigenvalue weighted by Gasteiger charge is -2.03. The topological polar surface area (TPSA) is 37.3 Å². The van der Waals surface area contributed by atoms with Crippen molar-refractivity contribution in [3.8, 4) is 0 Å². The molecule has 2 nitrogen and oxygen atoms in total. The van der Waals surface area contributed by atoms with E-state index >= 15 is 0 Å². The van der Waals surface area contributed by atoms with Crippen LogP contribution in [0.1, 0.15) is 12.8 Å². The maximum atomic E-state index is 10.7. The first-order valence-corrected chi connectivity index (χ1v) is 3.28. The van der Waals surface area contributed by atoms with Gasteiger partial charge in [0.1, 0.15) is 0 Å². The van der Waals surface area contributed by atoms with Crippen LogP contribution in [0, 0.1) is 5.92 Å². The Bertz CT molecular complexity index is 191. The van der Waals surface area contributed by atoms with E-state index in [4.69, 9.17) is 5.11 Å². The summed E-state index contributed by atoms with van der Waals surface area (Å²) in [6, 6.07) is 0. The summed E-state index contributed by atoms with van der Waals surface area (Å²) in [5, 5.41) is 9.08. The molecule has 54 valence electrons. The van der Waals surface area contributed by atoms with Gasteiger partial charge < -0.3 is 5.11 Å². The highest BCUT2D eigenvalue weighted by Gasteiger charge is 2.22. The summed E-state index contributed by atoms with van der Waals surface area (Å²) in [6.45, 7) is 3.53. The number of ketones is 1. The van der Waals surface area contributed by atoms with Gasteiger partial charge in [0.05, 0.1) is 5.76 Å². The molecule has 0 spiro atoms. The molecule has 1 rings (SSSR count). The van der Waals surface area contributed by atoms with E-state index in [-0.39, 0.29) is 17.5 Å². The van der Waals surface area contributed by atoms with Gasteiger partial charge in [0.25, 0.3) is 0 Å². The molecule has 10 heavy (non-hydrogen) atoms. The molecule has 1 aliphatic carbocycles. The van der Waals surface area contributed by atoms with Crippen molar-refractivity contribution >= 4 is 5.78 Å². The van der Waals surface area contributed by atoms with Crippen LogP contribution in [0.4, 0.5) is 0 Å². The molecular formula is C8H10O2. The van der Waals surface area contributed by atoms with Crippen molar-refractivity contribution < 1.29 is 9.90 Å². The van der Waals surface area contributed by atoms with Gasteiger partial charge in [-0.2, -0.15) is 0 Å². The molecule has 2 heteroatoms. The van der Waals surface area contributed by atoms with Crippen LogP contribution in [0.2, 0.25) is 0 Å². The second-order valence-corrected chi connectivity index (χ2v) is 2.46. The molecular weight excluding hydrogens is 128 g/mol. The van der Waals surface area contributed by atoms with E-state index in [1.807, 2.05) is 0 Å². The Morgan fingerprint density at radius 1 is 1.90 bits per heavy atom. The third-order valence-corrected chi connectivity index (χ3v) is 1.63. The summed E-state index contributed by atoms with van der Waals surface area (Å²) in [5.41, 5.74) is 0. The van der Waals surface area contributed by atoms with E-state index in [9.17, 15) is 4.79 Å². The molecule has 0 heterocycles. The van der Waals surface area contributed by atoms with Gasteiger partial charge in [0.15, 0.2) is 5.78 Å². The molecule has 0 fully saturated rings. The Kier molecular flexibility index (Phi) is 1.90. The quantitative estimate of drug-likeness (QED) is 0.588. The van der Waals surface area contributed by atoms with Crippen LogP contribution in [-0.4, -0.2) is 10.9 Å². The molecule has 0 aliphatic heterocycles. The molecule has 0 amide bonds. The number of carbonyl (C=O) groups excluding carboxylic acids is 1. The predicted molar refractivity (Wildman–Crippen MR) is 38.6 cm³/mol. The summed E-state index contributed by atoms with van der Waals surface area (Å²) < 4.78 is 0. The number of aliphatic hydroxyl groups excluding tert-OH is 1. The first kappa shape index (κ1) is 7.06. The van der Waals surface area contributed by atoms with Gasteiger partial charge in [-0.3, -0.25) is 4.79 Å². The third kappa shape index (κ3) is 1.26. The van der Waals surface area contributed by atoms with Crippen molar-refractivity contribution in [1.29, 1.82) is 0 Å². The first-order chi connectivity index (χ1) is 4.74. The smallest absolute Gasteiger partial charge is 0.159 e. The van der Waals surface area contributed by atoms with Crippen molar-refractivity contribution in [3.63, 3.8) is 0 Å². The van der Waals surface area contributed by atoms with Crippen molar-refractivity contribution in [2.45, 2.75) is 12.8 Å². The number of aliphatic hydroxyl groups is 1. The molecule has 0 aromatic rings. The monoisotopic (exact) mass is 138 g/mol. The van der Waals surface area contributed by atoms with E-state index in [0.29, 0.717) is 12.8 Å². The minimum atomic E-state index is 0.00463. The maximum Gasteiger partial charge on any atom is 0.159 e. The minimum absolute atomic E-state index is 0.00463. The van der Waals surface area contributed by atoms with E-state index < -0.39 is 0 Å². The van der Waals surface area contributed by atoms with Gasteiger partial charge in [-0.15, -0.1) is 6.58 Å². The summed E-state index contributed by atoms with van der Waals surface area (Å²) in [7, 11) is 0. The van der Waals surface area contributed by atoms with Crippen LogP contribution in [-0.2, 0) is 4.79 Å². The average molecular weight is 138 g/mol. The third-order valence-electron chi connectivity index (χ3n) is 1.63. The van der Waals surface area contributed by atoms with Crippen LogP contribution < -0.4 is 0 Å². The van der Waals surface area contributed by atoms with Gasteiger partial charge >= 0.3 is 0 Å². The van der Waals surface area contributed by atoms with Crippen molar-refractivity contribution in [3.05, 3.63) is 24.5 Å². The highest BCUT2D eigenvalue weighted by Crippen LogP contribution is 2.24. The predicted octanol–water partition coefficient (Wildman–Crippen LogP) is 1.59. The normalized spacial score (nSPS) is 24.6. The molecule has 1 atom stereocenters. The van der Waals surface area contributed by atoms with Gasteiger partial charge in [0, 0.05) is 18.4 Å². The van der Waals surface area contributed by atoms with E-state index in [2.05, 4.69) is 6.58 Å². The van der Waals surface area contributed by atoms with Crippen LogP contribution in [0.15, 0.2) is 24.5 Å². The van der Waals surface area contributed by atoms with Crippen molar-refractivity contribution in [2.24, 2.45) is 5.92 Å². The number of rotatable bonds is 2. The Morgan fingerprint density at radius 2 is 2.60 bits per heavy atom. The first-order valence-electron chi connectivity index (χ1n) is 3.28. The fraction of sp³-hybridized carbons (Fsp3) is 0.375. The second kappa shape index (κ2) is 2.69. The molecule has 0 aromatic heterocycles. The molecule has 0 aromatic carbocycles. The summed E-state index contributed by atoms with van der Waals surface area (Å²) in [4.78, 5) is 10.7. The zero-order chi connectivity index (χ0) is 7.56. The van der Waals surface area contributed by atoms with Crippen LogP contribution in [0.25, 0.3) is 0 Å². The molecule has 0 bridgehead atoms. The molecule has 1 unspecified atom stereocenters. The van der Waals surface area contributed by atoms with E-state index in [1.165, 1.54) is 6.08 Å². The molecule has 0 saturated carbocycles. The Morgan fingerprint density at radius 3 is 3.00 bits per heavy atom. The summed E-state index contributed by atoms with van der Waals surface area (Å²) >= 11 is 0. The van der Waals surface area contributed by atoms with Gasteiger partial charge in [-0.1, -0.05) is 6.08 Å². The van der Waals surface area contributed by atoms with Crippen LogP contribution >= 0.6 is 0 Å². The molecule has 0 saturated heterocycles. The highest BCUT2D eigenvalue weighted by atomic mass is 16.3. The Balaban J connectivity index is 2.59.